The number of hydrogen-bond acceptors (Lipinski definition) is 6. The van der Waals surface area contributed by atoms with Gasteiger partial charge in [-0.3, -0.25) is 9.48 Å². The van der Waals surface area contributed by atoms with Crippen molar-refractivity contribution in [2.75, 3.05) is 6.54 Å². The molecule has 0 bridgehead atoms. The lowest BCUT2D eigenvalue weighted by molar-refractivity contribution is -0.132. The number of likely N-dealkylation sites (tertiary alicyclic amines) is 1. The number of aryl methyl sites for hydroxylation is 3. The number of carbonyl (C=O) groups excluding carboxylic acids is 1. The Balaban J connectivity index is 1.47. The number of amides is 1. The number of rotatable bonds is 6. The molecule has 0 aliphatic carbocycles. The van der Waals surface area contributed by atoms with E-state index in [1.165, 1.54) is 0 Å². The lowest BCUT2D eigenvalue weighted by Crippen LogP contribution is -2.31. The molecular weight excluding hydrogens is 356 g/mol. The van der Waals surface area contributed by atoms with Crippen LogP contribution in [0, 0.1) is 13.8 Å². The Morgan fingerprint density at radius 2 is 2.21 bits per heavy atom. The third-order valence-corrected chi connectivity index (χ3v) is 5.19. The van der Waals surface area contributed by atoms with E-state index in [1.807, 2.05) is 41.8 Å². The van der Waals surface area contributed by atoms with E-state index in [-0.39, 0.29) is 11.9 Å². The fourth-order valence-corrected chi connectivity index (χ4v) is 3.82. The molecule has 146 valence electrons. The minimum atomic E-state index is -0.000532. The van der Waals surface area contributed by atoms with Crippen LogP contribution in [0.4, 0.5) is 0 Å². The second-order valence-corrected chi connectivity index (χ2v) is 7.12. The molecule has 8 heteroatoms. The summed E-state index contributed by atoms with van der Waals surface area (Å²) in [5, 5.41) is 8.17. The molecule has 4 heterocycles. The third kappa shape index (κ3) is 3.67. The fourth-order valence-electron chi connectivity index (χ4n) is 3.82. The van der Waals surface area contributed by atoms with Crippen molar-refractivity contribution in [2.45, 2.75) is 52.1 Å². The van der Waals surface area contributed by atoms with E-state index < -0.39 is 0 Å². The molecule has 0 radical (unpaired) electrons. The standard InChI is InChI=1S/C20H24N6O2/c1-14-19(15(2)28-24-14)20-21-10-8-16(23-20)17-6-3-13-26(17)18(27)7-4-11-25-12-5-9-22-25/h5,8-10,12,17H,3-4,6-7,11,13H2,1-2H3/t17-/m0/s1. The van der Waals surface area contributed by atoms with E-state index >= 15 is 0 Å². The van der Waals surface area contributed by atoms with E-state index in [0.29, 0.717) is 18.0 Å². The highest BCUT2D eigenvalue weighted by molar-refractivity contribution is 5.77. The van der Waals surface area contributed by atoms with Crippen LogP contribution in [0.3, 0.4) is 0 Å². The summed E-state index contributed by atoms with van der Waals surface area (Å²) in [5.41, 5.74) is 2.48. The van der Waals surface area contributed by atoms with Gasteiger partial charge >= 0.3 is 0 Å². The summed E-state index contributed by atoms with van der Waals surface area (Å²) in [7, 11) is 0. The van der Waals surface area contributed by atoms with Gasteiger partial charge in [0.25, 0.3) is 0 Å². The molecule has 0 saturated carbocycles. The average molecular weight is 380 g/mol. The van der Waals surface area contributed by atoms with Crippen molar-refractivity contribution in [1.82, 2.24) is 29.8 Å². The molecule has 1 amide bonds. The van der Waals surface area contributed by atoms with Gasteiger partial charge in [-0.2, -0.15) is 5.10 Å². The summed E-state index contributed by atoms with van der Waals surface area (Å²) in [4.78, 5) is 23.9. The average Bonchev–Trinajstić information content (AvgIpc) is 3.43. The van der Waals surface area contributed by atoms with Gasteiger partial charge in [-0.1, -0.05) is 5.16 Å². The lowest BCUT2D eigenvalue weighted by Gasteiger charge is -2.24. The largest absolute Gasteiger partial charge is 0.361 e. The number of carbonyl (C=O) groups is 1. The Morgan fingerprint density at radius 3 is 2.96 bits per heavy atom. The topological polar surface area (TPSA) is 89.9 Å². The zero-order valence-electron chi connectivity index (χ0n) is 16.2. The van der Waals surface area contributed by atoms with Crippen LogP contribution in [0.15, 0.2) is 35.2 Å². The monoisotopic (exact) mass is 380 g/mol. The normalized spacial score (nSPS) is 16.6. The highest BCUT2D eigenvalue weighted by Crippen LogP contribution is 2.33. The number of nitrogens with zero attached hydrogens (tertiary/aromatic N) is 6. The van der Waals surface area contributed by atoms with Crippen molar-refractivity contribution in [3.05, 3.63) is 47.9 Å². The molecule has 8 nitrogen and oxygen atoms in total. The second-order valence-electron chi connectivity index (χ2n) is 7.12. The molecule has 3 aromatic rings. The van der Waals surface area contributed by atoms with Gasteiger partial charge < -0.3 is 9.42 Å². The second kappa shape index (κ2) is 7.92. The maximum absolute atomic E-state index is 12.8. The highest BCUT2D eigenvalue weighted by Gasteiger charge is 2.31. The first-order valence-electron chi connectivity index (χ1n) is 9.66. The third-order valence-electron chi connectivity index (χ3n) is 5.19. The molecule has 0 aromatic carbocycles. The zero-order chi connectivity index (χ0) is 19.5. The Bertz CT molecular complexity index is 930. The predicted molar refractivity (Wildman–Crippen MR) is 102 cm³/mol. The Hall–Kier alpha value is -3.03. The Kier molecular flexibility index (Phi) is 5.18. The van der Waals surface area contributed by atoms with Gasteiger partial charge in [0.15, 0.2) is 5.82 Å². The van der Waals surface area contributed by atoms with Crippen LogP contribution in [-0.2, 0) is 11.3 Å². The van der Waals surface area contributed by atoms with Crippen molar-refractivity contribution in [1.29, 1.82) is 0 Å². The van der Waals surface area contributed by atoms with Gasteiger partial charge in [0.05, 0.1) is 23.0 Å². The van der Waals surface area contributed by atoms with Gasteiger partial charge in [-0.25, -0.2) is 9.97 Å². The quantitative estimate of drug-likeness (QED) is 0.653. The molecule has 0 N–H and O–H groups in total. The van der Waals surface area contributed by atoms with E-state index in [2.05, 4.69) is 15.2 Å². The lowest BCUT2D eigenvalue weighted by atomic mass is 10.1. The molecule has 0 spiro atoms. The molecule has 4 rings (SSSR count). The first kappa shape index (κ1) is 18.3. The SMILES string of the molecule is Cc1noc(C)c1-c1nccc([C@@H]2CCCN2C(=O)CCCn2cccn2)n1. The van der Waals surface area contributed by atoms with Crippen LogP contribution in [0.5, 0.6) is 0 Å². The molecule has 28 heavy (non-hydrogen) atoms. The van der Waals surface area contributed by atoms with E-state index in [4.69, 9.17) is 9.51 Å². The Labute approximate surface area is 163 Å². The fraction of sp³-hybridized carbons (Fsp3) is 0.450. The number of hydrogen-bond donors (Lipinski definition) is 0. The molecule has 3 aromatic heterocycles. The molecule has 1 aliphatic heterocycles. The van der Waals surface area contributed by atoms with Crippen molar-refractivity contribution in [3.63, 3.8) is 0 Å². The molecule has 1 saturated heterocycles. The van der Waals surface area contributed by atoms with Crippen LogP contribution in [0.1, 0.15) is 48.9 Å². The summed E-state index contributed by atoms with van der Waals surface area (Å²) in [5.74, 6) is 1.48. The first-order chi connectivity index (χ1) is 13.6. The number of aromatic nitrogens is 5. The maximum Gasteiger partial charge on any atom is 0.223 e. The van der Waals surface area contributed by atoms with Crippen molar-refractivity contribution in [2.24, 2.45) is 0 Å². The van der Waals surface area contributed by atoms with Gasteiger partial charge in [-0.15, -0.1) is 0 Å². The minimum absolute atomic E-state index is 0.000532. The first-order valence-corrected chi connectivity index (χ1v) is 9.66. The van der Waals surface area contributed by atoms with Crippen LogP contribution >= 0.6 is 0 Å². The van der Waals surface area contributed by atoms with Gasteiger partial charge in [0, 0.05) is 38.1 Å². The predicted octanol–water partition coefficient (Wildman–Crippen LogP) is 3.09. The smallest absolute Gasteiger partial charge is 0.223 e. The minimum Gasteiger partial charge on any atom is -0.361 e. The summed E-state index contributed by atoms with van der Waals surface area (Å²) >= 11 is 0. The summed E-state index contributed by atoms with van der Waals surface area (Å²) < 4.78 is 7.10. The van der Waals surface area contributed by atoms with Crippen LogP contribution in [0.2, 0.25) is 0 Å². The highest BCUT2D eigenvalue weighted by atomic mass is 16.5. The van der Waals surface area contributed by atoms with Crippen molar-refractivity contribution < 1.29 is 9.32 Å². The van der Waals surface area contributed by atoms with E-state index in [1.54, 1.807) is 12.4 Å². The van der Waals surface area contributed by atoms with E-state index in [9.17, 15) is 4.79 Å². The van der Waals surface area contributed by atoms with Gasteiger partial charge in [-0.05, 0) is 45.2 Å². The summed E-state index contributed by atoms with van der Waals surface area (Å²) in [6, 6.07) is 3.80. The molecule has 1 aliphatic rings. The van der Waals surface area contributed by atoms with Gasteiger partial charge in [0.1, 0.15) is 5.76 Å². The summed E-state index contributed by atoms with van der Waals surface area (Å²) in [6.45, 7) is 5.26. The molecule has 1 fully saturated rings. The van der Waals surface area contributed by atoms with Crippen LogP contribution < -0.4 is 0 Å². The molecular formula is C20H24N6O2. The Morgan fingerprint density at radius 1 is 1.32 bits per heavy atom. The van der Waals surface area contributed by atoms with Crippen LogP contribution in [0.25, 0.3) is 11.4 Å². The molecule has 0 unspecified atom stereocenters. The van der Waals surface area contributed by atoms with Crippen molar-refractivity contribution >= 4 is 5.91 Å². The van der Waals surface area contributed by atoms with E-state index in [0.717, 1.165) is 49.3 Å². The summed E-state index contributed by atoms with van der Waals surface area (Å²) in [6.07, 6.45) is 8.62. The van der Waals surface area contributed by atoms with Crippen molar-refractivity contribution in [3.8, 4) is 11.4 Å². The molecule has 1 atom stereocenters. The van der Waals surface area contributed by atoms with Crippen LogP contribution in [-0.4, -0.2) is 42.3 Å². The maximum atomic E-state index is 12.8. The van der Waals surface area contributed by atoms with Gasteiger partial charge in [0.2, 0.25) is 5.91 Å². The zero-order valence-corrected chi connectivity index (χ0v) is 16.2.